The van der Waals surface area contributed by atoms with E-state index in [1.54, 1.807) is 7.11 Å². The number of methoxy groups -OCH3 is 1. The molecular weight excluding hydrogens is 222 g/mol. The maximum absolute atomic E-state index is 6.18. The van der Waals surface area contributed by atoms with Crippen LogP contribution in [0.25, 0.3) is 0 Å². The van der Waals surface area contributed by atoms with Crippen molar-refractivity contribution >= 4 is 11.6 Å². The van der Waals surface area contributed by atoms with Crippen LogP contribution in [-0.2, 0) is 0 Å². The Kier molecular flexibility index (Phi) is 2.89. The summed E-state index contributed by atoms with van der Waals surface area (Å²) in [6.07, 6.45) is 0. The van der Waals surface area contributed by atoms with Crippen LogP contribution in [0.5, 0.6) is 5.75 Å². The smallest absolute Gasteiger partial charge is 0.124 e. The summed E-state index contributed by atoms with van der Waals surface area (Å²) in [6.45, 7) is 7.53. The van der Waals surface area contributed by atoms with Crippen molar-refractivity contribution in [3.8, 4) is 5.75 Å². The number of rotatable bonds is 2. The largest absolute Gasteiger partial charge is 0.496 e. The topological polar surface area (TPSA) is 21.3 Å². The summed E-state index contributed by atoms with van der Waals surface area (Å²) >= 11 is 6.18. The van der Waals surface area contributed by atoms with Gasteiger partial charge in [-0.1, -0.05) is 25.4 Å². The molecule has 1 fully saturated rings. The van der Waals surface area contributed by atoms with Gasteiger partial charge < -0.3 is 10.1 Å². The average Bonchev–Trinajstić information content (AvgIpc) is 2.21. The van der Waals surface area contributed by atoms with Crippen LogP contribution in [0.15, 0.2) is 12.1 Å². The van der Waals surface area contributed by atoms with Gasteiger partial charge in [0, 0.05) is 23.2 Å². The number of benzene rings is 1. The highest BCUT2D eigenvalue weighted by molar-refractivity contribution is 6.31. The van der Waals surface area contributed by atoms with E-state index in [-0.39, 0.29) is 5.41 Å². The number of nitrogens with one attached hydrogen (secondary N) is 1. The van der Waals surface area contributed by atoms with E-state index in [1.807, 2.05) is 19.1 Å². The van der Waals surface area contributed by atoms with Crippen molar-refractivity contribution in [1.82, 2.24) is 5.32 Å². The summed E-state index contributed by atoms with van der Waals surface area (Å²) in [6, 6.07) is 4.36. The van der Waals surface area contributed by atoms with E-state index in [9.17, 15) is 0 Å². The highest BCUT2D eigenvalue weighted by Crippen LogP contribution is 2.44. The standard InChI is InChI=1S/C13H18ClNO/c1-8-5-11(16-4)9(6-10(8)14)12-13(2,3)7-15-12/h5-6,12,15H,7H2,1-4H3. The van der Waals surface area contributed by atoms with Gasteiger partial charge in [-0.3, -0.25) is 0 Å². The molecule has 2 rings (SSSR count). The SMILES string of the molecule is COc1cc(C)c(Cl)cc1C1NCC1(C)C. The van der Waals surface area contributed by atoms with Crippen LogP contribution in [0.2, 0.25) is 5.02 Å². The van der Waals surface area contributed by atoms with E-state index in [4.69, 9.17) is 16.3 Å². The van der Waals surface area contributed by atoms with Crippen LogP contribution >= 0.6 is 11.6 Å². The highest BCUT2D eigenvalue weighted by Gasteiger charge is 2.40. The average molecular weight is 240 g/mol. The van der Waals surface area contributed by atoms with Crippen LogP contribution in [0.3, 0.4) is 0 Å². The second-order valence-electron chi connectivity index (χ2n) is 5.15. The van der Waals surface area contributed by atoms with E-state index in [0.29, 0.717) is 6.04 Å². The Hall–Kier alpha value is -0.730. The van der Waals surface area contributed by atoms with Crippen molar-refractivity contribution in [2.45, 2.75) is 26.8 Å². The molecule has 1 N–H and O–H groups in total. The van der Waals surface area contributed by atoms with E-state index < -0.39 is 0 Å². The van der Waals surface area contributed by atoms with Crippen molar-refractivity contribution in [2.75, 3.05) is 13.7 Å². The van der Waals surface area contributed by atoms with Crippen molar-refractivity contribution < 1.29 is 4.74 Å². The van der Waals surface area contributed by atoms with Crippen molar-refractivity contribution in [3.05, 3.63) is 28.3 Å². The zero-order valence-corrected chi connectivity index (χ0v) is 11.0. The Labute approximate surface area is 102 Å². The predicted octanol–water partition coefficient (Wildman–Crippen LogP) is 3.33. The van der Waals surface area contributed by atoms with Gasteiger partial charge in [0.1, 0.15) is 5.75 Å². The van der Waals surface area contributed by atoms with Crippen LogP contribution in [-0.4, -0.2) is 13.7 Å². The van der Waals surface area contributed by atoms with Gasteiger partial charge in [-0.25, -0.2) is 0 Å². The maximum atomic E-state index is 6.18. The number of hydrogen-bond donors (Lipinski definition) is 1. The Morgan fingerprint density at radius 3 is 2.56 bits per heavy atom. The van der Waals surface area contributed by atoms with E-state index in [1.165, 1.54) is 0 Å². The van der Waals surface area contributed by atoms with E-state index in [0.717, 1.165) is 28.4 Å². The normalized spacial score (nSPS) is 22.7. The molecule has 0 amide bonds. The zero-order valence-electron chi connectivity index (χ0n) is 10.2. The van der Waals surface area contributed by atoms with Gasteiger partial charge in [0.15, 0.2) is 0 Å². The Balaban J connectivity index is 2.44. The molecule has 0 spiro atoms. The maximum Gasteiger partial charge on any atom is 0.124 e. The van der Waals surface area contributed by atoms with Crippen molar-refractivity contribution in [2.24, 2.45) is 5.41 Å². The fraction of sp³-hybridized carbons (Fsp3) is 0.538. The Bertz CT molecular complexity index is 415. The van der Waals surface area contributed by atoms with Crippen LogP contribution in [0.1, 0.15) is 31.0 Å². The molecule has 1 aliphatic rings. The van der Waals surface area contributed by atoms with Gasteiger partial charge in [-0.15, -0.1) is 0 Å². The van der Waals surface area contributed by atoms with Gasteiger partial charge in [-0.05, 0) is 30.0 Å². The number of hydrogen-bond acceptors (Lipinski definition) is 2. The first-order valence-electron chi connectivity index (χ1n) is 5.53. The number of ether oxygens (including phenoxy) is 1. The fourth-order valence-electron chi connectivity index (χ4n) is 2.22. The van der Waals surface area contributed by atoms with Crippen LogP contribution in [0, 0.1) is 12.3 Å². The molecule has 0 aromatic heterocycles. The lowest BCUT2D eigenvalue weighted by molar-refractivity contribution is 0.125. The van der Waals surface area contributed by atoms with E-state index >= 15 is 0 Å². The third-order valence-electron chi connectivity index (χ3n) is 3.37. The minimum absolute atomic E-state index is 0.270. The first-order chi connectivity index (χ1) is 7.45. The second-order valence-corrected chi connectivity index (χ2v) is 5.55. The van der Waals surface area contributed by atoms with Gasteiger partial charge in [-0.2, -0.15) is 0 Å². The predicted molar refractivity (Wildman–Crippen MR) is 67.3 cm³/mol. The summed E-state index contributed by atoms with van der Waals surface area (Å²) in [5.41, 5.74) is 2.49. The molecule has 1 unspecified atom stereocenters. The molecule has 1 aromatic rings. The molecule has 1 atom stereocenters. The van der Waals surface area contributed by atoms with Crippen molar-refractivity contribution in [3.63, 3.8) is 0 Å². The van der Waals surface area contributed by atoms with Crippen molar-refractivity contribution in [1.29, 1.82) is 0 Å². The molecule has 3 heteroatoms. The molecule has 1 aliphatic heterocycles. The molecule has 0 aliphatic carbocycles. The molecule has 0 radical (unpaired) electrons. The third kappa shape index (κ3) is 1.80. The molecule has 2 nitrogen and oxygen atoms in total. The first kappa shape index (κ1) is 11.7. The second kappa shape index (κ2) is 3.94. The molecule has 88 valence electrons. The zero-order chi connectivity index (χ0) is 11.9. The van der Waals surface area contributed by atoms with Crippen LogP contribution < -0.4 is 10.1 Å². The molecule has 0 bridgehead atoms. The first-order valence-corrected chi connectivity index (χ1v) is 5.91. The summed E-state index contributed by atoms with van der Waals surface area (Å²) in [4.78, 5) is 0. The van der Waals surface area contributed by atoms with E-state index in [2.05, 4.69) is 19.2 Å². The lowest BCUT2D eigenvalue weighted by atomic mass is 9.73. The highest BCUT2D eigenvalue weighted by atomic mass is 35.5. The van der Waals surface area contributed by atoms with Gasteiger partial charge in [0.2, 0.25) is 0 Å². The quantitative estimate of drug-likeness (QED) is 0.855. The molecule has 1 aromatic carbocycles. The fourth-order valence-corrected chi connectivity index (χ4v) is 2.39. The Morgan fingerprint density at radius 1 is 1.44 bits per heavy atom. The summed E-state index contributed by atoms with van der Waals surface area (Å²) in [7, 11) is 1.71. The van der Waals surface area contributed by atoms with Gasteiger partial charge in [0.05, 0.1) is 7.11 Å². The minimum Gasteiger partial charge on any atom is -0.496 e. The lowest BCUT2D eigenvalue weighted by Gasteiger charge is -2.46. The summed E-state index contributed by atoms with van der Waals surface area (Å²) in [5.74, 6) is 0.923. The molecule has 16 heavy (non-hydrogen) atoms. The summed E-state index contributed by atoms with van der Waals surface area (Å²) in [5, 5.41) is 4.24. The van der Waals surface area contributed by atoms with Gasteiger partial charge >= 0.3 is 0 Å². The monoisotopic (exact) mass is 239 g/mol. The van der Waals surface area contributed by atoms with Crippen LogP contribution in [0.4, 0.5) is 0 Å². The molecule has 0 saturated carbocycles. The number of aryl methyl sites for hydroxylation is 1. The molecule has 1 heterocycles. The minimum atomic E-state index is 0.270. The number of halogens is 1. The lowest BCUT2D eigenvalue weighted by Crippen LogP contribution is -2.52. The Morgan fingerprint density at radius 2 is 2.12 bits per heavy atom. The molecule has 1 saturated heterocycles. The summed E-state index contributed by atoms with van der Waals surface area (Å²) < 4.78 is 5.43. The molecular formula is C13H18ClNO. The third-order valence-corrected chi connectivity index (χ3v) is 3.77. The van der Waals surface area contributed by atoms with Gasteiger partial charge in [0.25, 0.3) is 0 Å².